The summed E-state index contributed by atoms with van der Waals surface area (Å²) in [5.41, 5.74) is 2.71. The second-order valence-corrected chi connectivity index (χ2v) is 5.02. The third-order valence-corrected chi connectivity index (χ3v) is 3.76. The summed E-state index contributed by atoms with van der Waals surface area (Å²) >= 11 is 0. The molecule has 3 rings (SSSR count). The molecule has 0 saturated heterocycles. The van der Waals surface area contributed by atoms with Crippen LogP contribution in [0.3, 0.4) is 0 Å². The molecule has 3 nitrogen and oxygen atoms in total. The van der Waals surface area contributed by atoms with E-state index >= 15 is 0 Å². The number of aromatic nitrogens is 1. The Balaban J connectivity index is 2.07. The number of aryl methyl sites for hydroxylation is 1. The van der Waals surface area contributed by atoms with E-state index < -0.39 is 0 Å². The van der Waals surface area contributed by atoms with Crippen LogP contribution >= 0.6 is 0 Å². The van der Waals surface area contributed by atoms with Crippen molar-refractivity contribution in [2.75, 3.05) is 17.3 Å². The number of hydrogen-bond acceptors (Lipinski definition) is 3. The minimum atomic E-state index is 0.481. The van der Waals surface area contributed by atoms with E-state index in [-0.39, 0.29) is 0 Å². The zero-order chi connectivity index (χ0) is 13.2. The maximum absolute atomic E-state index is 4.68. The molecule has 19 heavy (non-hydrogen) atoms. The van der Waals surface area contributed by atoms with Crippen LogP contribution in [-0.4, -0.2) is 18.1 Å². The molecule has 1 N–H and O–H groups in total. The van der Waals surface area contributed by atoms with Crippen molar-refractivity contribution in [3.63, 3.8) is 0 Å². The standard InChI is InChI=1S/C16H19N3/c1-12-10-11-13-6-3-4-7-14(13)19(12)16-9-5-8-15(17-2)18-16/h3-9,12H,10-11H2,1-2H3,(H,17,18). The molecule has 1 unspecified atom stereocenters. The predicted octanol–water partition coefficient (Wildman–Crippen LogP) is 3.60. The number of nitrogens with zero attached hydrogens (tertiary/aromatic N) is 2. The average Bonchev–Trinajstić information content (AvgIpc) is 2.47. The first-order valence-corrected chi connectivity index (χ1v) is 6.81. The molecular formula is C16H19N3. The molecule has 3 heteroatoms. The van der Waals surface area contributed by atoms with Crippen molar-refractivity contribution in [2.45, 2.75) is 25.8 Å². The molecule has 1 aliphatic rings. The van der Waals surface area contributed by atoms with Gasteiger partial charge in [-0.2, -0.15) is 0 Å². The van der Waals surface area contributed by atoms with E-state index in [1.807, 2.05) is 13.1 Å². The number of rotatable bonds is 2. The molecule has 1 atom stereocenters. The van der Waals surface area contributed by atoms with E-state index in [4.69, 9.17) is 0 Å². The lowest BCUT2D eigenvalue weighted by Crippen LogP contribution is -2.33. The van der Waals surface area contributed by atoms with Gasteiger partial charge in [0.2, 0.25) is 0 Å². The highest BCUT2D eigenvalue weighted by Crippen LogP contribution is 2.35. The van der Waals surface area contributed by atoms with Gasteiger partial charge in [0.05, 0.1) is 0 Å². The first-order chi connectivity index (χ1) is 9.29. The van der Waals surface area contributed by atoms with Crippen LogP contribution in [0.4, 0.5) is 17.3 Å². The lowest BCUT2D eigenvalue weighted by molar-refractivity contribution is 0.613. The van der Waals surface area contributed by atoms with Crippen LogP contribution in [0.25, 0.3) is 0 Å². The molecule has 1 aromatic carbocycles. The summed E-state index contributed by atoms with van der Waals surface area (Å²) in [5.74, 6) is 1.93. The van der Waals surface area contributed by atoms with Crippen LogP contribution in [0.5, 0.6) is 0 Å². The van der Waals surface area contributed by atoms with Crippen molar-refractivity contribution in [3.8, 4) is 0 Å². The highest BCUT2D eigenvalue weighted by molar-refractivity contribution is 5.67. The van der Waals surface area contributed by atoms with Crippen LogP contribution in [0.2, 0.25) is 0 Å². The quantitative estimate of drug-likeness (QED) is 0.886. The van der Waals surface area contributed by atoms with Gasteiger partial charge in [-0.05, 0) is 43.5 Å². The molecular weight excluding hydrogens is 234 g/mol. The largest absolute Gasteiger partial charge is 0.373 e. The summed E-state index contributed by atoms with van der Waals surface area (Å²) in [6.45, 7) is 2.27. The molecule has 0 amide bonds. The second-order valence-electron chi connectivity index (χ2n) is 5.02. The highest BCUT2D eigenvalue weighted by Gasteiger charge is 2.24. The first kappa shape index (κ1) is 12.0. The predicted molar refractivity (Wildman–Crippen MR) is 80.1 cm³/mol. The van der Waals surface area contributed by atoms with E-state index in [1.54, 1.807) is 0 Å². The Kier molecular flexibility index (Phi) is 3.11. The summed E-state index contributed by atoms with van der Waals surface area (Å²) < 4.78 is 0. The van der Waals surface area contributed by atoms with Gasteiger partial charge >= 0.3 is 0 Å². The van der Waals surface area contributed by atoms with Gasteiger partial charge in [-0.25, -0.2) is 4.98 Å². The van der Waals surface area contributed by atoms with Crippen molar-refractivity contribution < 1.29 is 0 Å². The Morgan fingerprint density at radius 1 is 1.16 bits per heavy atom. The summed E-state index contributed by atoms with van der Waals surface area (Å²) in [6, 6.07) is 15.2. The van der Waals surface area contributed by atoms with Crippen LogP contribution in [0, 0.1) is 0 Å². The van der Waals surface area contributed by atoms with E-state index in [0.717, 1.165) is 18.1 Å². The zero-order valence-corrected chi connectivity index (χ0v) is 11.4. The first-order valence-electron chi connectivity index (χ1n) is 6.81. The molecule has 0 saturated carbocycles. The third-order valence-electron chi connectivity index (χ3n) is 3.76. The molecule has 0 bridgehead atoms. The normalized spacial score (nSPS) is 18.0. The number of hydrogen-bond donors (Lipinski definition) is 1. The Hall–Kier alpha value is -2.03. The van der Waals surface area contributed by atoms with Crippen LogP contribution in [0.15, 0.2) is 42.5 Å². The van der Waals surface area contributed by atoms with Crippen LogP contribution < -0.4 is 10.2 Å². The van der Waals surface area contributed by atoms with Gasteiger partial charge in [-0.1, -0.05) is 24.3 Å². The molecule has 98 valence electrons. The Labute approximate surface area is 114 Å². The summed E-state index contributed by atoms with van der Waals surface area (Å²) in [4.78, 5) is 7.03. The minimum absolute atomic E-state index is 0.481. The Morgan fingerprint density at radius 2 is 2.00 bits per heavy atom. The molecule has 0 fully saturated rings. The monoisotopic (exact) mass is 253 g/mol. The smallest absolute Gasteiger partial charge is 0.135 e. The van der Waals surface area contributed by atoms with Gasteiger partial charge in [-0.3, -0.25) is 0 Å². The number of fused-ring (bicyclic) bond motifs is 1. The Morgan fingerprint density at radius 3 is 2.84 bits per heavy atom. The van der Waals surface area contributed by atoms with Crippen molar-refractivity contribution in [2.24, 2.45) is 0 Å². The van der Waals surface area contributed by atoms with Crippen molar-refractivity contribution >= 4 is 17.3 Å². The molecule has 0 radical (unpaired) electrons. The van der Waals surface area contributed by atoms with Crippen molar-refractivity contribution in [1.82, 2.24) is 4.98 Å². The second kappa shape index (κ2) is 4.92. The number of nitrogens with one attached hydrogen (secondary N) is 1. The van der Waals surface area contributed by atoms with Gasteiger partial charge in [0, 0.05) is 18.8 Å². The van der Waals surface area contributed by atoms with E-state index in [9.17, 15) is 0 Å². The van der Waals surface area contributed by atoms with Crippen molar-refractivity contribution in [1.29, 1.82) is 0 Å². The lowest BCUT2D eigenvalue weighted by Gasteiger charge is -2.36. The molecule has 1 aliphatic heterocycles. The fourth-order valence-corrected chi connectivity index (χ4v) is 2.73. The SMILES string of the molecule is CNc1cccc(N2c3ccccc3CCC2C)n1. The maximum Gasteiger partial charge on any atom is 0.135 e. The maximum atomic E-state index is 4.68. The number of para-hydroxylation sites is 1. The summed E-state index contributed by atoms with van der Waals surface area (Å²) in [5, 5.41) is 3.11. The molecule has 2 aromatic rings. The van der Waals surface area contributed by atoms with E-state index in [0.29, 0.717) is 6.04 Å². The van der Waals surface area contributed by atoms with Gasteiger partial charge in [0.15, 0.2) is 0 Å². The topological polar surface area (TPSA) is 28.2 Å². The fraction of sp³-hybridized carbons (Fsp3) is 0.312. The minimum Gasteiger partial charge on any atom is -0.373 e. The van der Waals surface area contributed by atoms with E-state index in [2.05, 4.69) is 58.5 Å². The summed E-state index contributed by atoms with van der Waals surface area (Å²) in [6.07, 6.45) is 2.32. The zero-order valence-electron chi connectivity index (χ0n) is 11.4. The molecule has 2 heterocycles. The number of anilines is 3. The lowest BCUT2D eigenvalue weighted by atomic mass is 9.96. The average molecular weight is 253 g/mol. The van der Waals surface area contributed by atoms with Crippen LogP contribution in [-0.2, 0) is 6.42 Å². The molecule has 0 spiro atoms. The highest BCUT2D eigenvalue weighted by atomic mass is 15.2. The third kappa shape index (κ3) is 2.16. The molecule has 1 aromatic heterocycles. The molecule has 0 aliphatic carbocycles. The summed E-state index contributed by atoms with van der Waals surface area (Å²) in [7, 11) is 1.90. The fourth-order valence-electron chi connectivity index (χ4n) is 2.73. The van der Waals surface area contributed by atoms with Crippen molar-refractivity contribution in [3.05, 3.63) is 48.0 Å². The number of pyridine rings is 1. The van der Waals surface area contributed by atoms with Crippen LogP contribution in [0.1, 0.15) is 18.9 Å². The van der Waals surface area contributed by atoms with E-state index in [1.165, 1.54) is 17.7 Å². The number of benzene rings is 1. The van der Waals surface area contributed by atoms with Gasteiger partial charge in [-0.15, -0.1) is 0 Å². The van der Waals surface area contributed by atoms with Gasteiger partial charge < -0.3 is 10.2 Å². The Bertz CT molecular complexity index is 580. The van der Waals surface area contributed by atoms with Gasteiger partial charge in [0.25, 0.3) is 0 Å². The van der Waals surface area contributed by atoms with Gasteiger partial charge in [0.1, 0.15) is 11.6 Å².